The van der Waals surface area contributed by atoms with E-state index in [1.807, 2.05) is 15.8 Å². The van der Waals surface area contributed by atoms with Crippen LogP contribution in [0.3, 0.4) is 0 Å². The van der Waals surface area contributed by atoms with E-state index >= 15 is 0 Å². The molecule has 0 saturated heterocycles. The summed E-state index contributed by atoms with van der Waals surface area (Å²) in [6, 6.07) is 8.84. The molecule has 0 N–H and O–H groups in total. The van der Waals surface area contributed by atoms with Crippen molar-refractivity contribution in [2.24, 2.45) is 7.05 Å². The number of rotatable bonds is 3. The molecular formula is C21H23N5OS. The summed E-state index contributed by atoms with van der Waals surface area (Å²) in [5, 5.41) is 10.7. The summed E-state index contributed by atoms with van der Waals surface area (Å²) in [4.78, 5) is 14.9. The van der Waals surface area contributed by atoms with Gasteiger partial charge >= 0.3 is 0 Å². The van der Waals surface area contributed by atoms with Crippen molar-refractivity contribution in [1.82, 2.24) is 19.2 Å². The molecule has 1 aliphatic heterocycles. The predicted octanol–water partition coefficient (Wildman–Crippen LogP) is 3.72. The van der Waals surface area contributed by atoms with Gasteiger partial charge in [0.1, 0.15) is 4.70 Å². The van der Waals surface area contributed by atoms with E-state index in [4.69, 9.17) is 0 Å². The maximum atomic E-state index is 12.5. The molecule has 144 valence electrons. The molecule has 4 aromatic rings. The third-order valence-corrected chi connectivity index (χ3v) is 6.61. The molecule has 4 heterocycles. The summed E-state index contributed by atoms with van der Waals surface area (Å²) in [7, 11) is 1.76. The van der Waals surface area contributed by atoms with E-state index in [1.165, 1.54) is 28.2 Å². The molecule has 0 bridgehead atoms. The Morgan fingerprint density at radius 3 is 2.89 bits per heavy atom. The molecule has 1 aliphatic rings. The fourth-order valence-corrected chi connectivity index (χ4v) is 5.00. The van der Waals surface area contributed by atoms with Crippen LogP contribution in [0.1, 0.15) is 43.1 Å². The highest BCUT2D eigenvalue weighted by molar-refractivity contribution is 7.17. The molecule has 3 aromatic heterocycles. The lowest BCUT2D eigenvalue weighted by molar-refractivity contribution is 0.669. The molecule has 6 nitrogen and oxygen atoms in total. The largest absolute Gasteiger partial charge is 0.364 e. The molecule has 0 radical (unpaired) electrons. The summed E-state index contributed by atoms with van der Waals surface area (Å²) >= 11 is 1.47. The molecule has 0 atom stereocenters. The Morgan fingerprint density at radius 2 is 2.07 bits per heavy atom. The van der Waals surface area contributed by atoms with E-state index in [2.05, 4.69) is 47.1 Å². The first kappa shape index (κ1) is 17.4. The van der Waals surface area contributed by atoms with Crippen molar-refractivity contribution in [3.63, 3.8) is 0 Å². The minimum Gasteiger partial charge on any atom is -0.364 e. The summed E-state index contributed by atoms with van der Waals surface area (Å²) in [6.07, 6.45) is 2.26. The van der Waals surface area contributed by atoms with Crippen LogP contribution in [0.15, 0.2) is 34.4 Å². The number of fused-ring (bicyclic) bond motifs is 4. The Kier molecular flexibility index (Phi) is 4.01. The average Bonchev–Trinajstić information content (AvgIpc) is 3.33. The van der Waals surface area contributed by atoms with Gasteiger partial charge in [0.15, 0.2) is 5.82 Å². The van der Waals surface area contributed by atoms with E-state index in [9.17, 15) is 4.79 Å². The van der Waals surface area contributed by atoms with Gasteiger partial charge in [-0.25, -0.2) is 0 Å². The van der Waals surface area contributed by atoms with Crippen LogP contribution < -0.4 is 10.5 Å². The summed E-state index contributed by atoms with van der Waals surface area (Å²) < 4.78 is 4.37. The van der Waals surface area contributed by atoms with Crippen LogP contribution in [0.2, 0.25) is 0 Å². The SMILES string of the molecule is CC(C)c1ccc2c(c1)CCCN2Cc1nnc2n(C)c(=O)c3sccc3n12. The van der Waals surface area contributed by atoms with E-state index in [0.29, 0.717) is 18.2 Å². The van der Waals surface area contributed by atoms with Gasteiger partial charge < -0.3 is 4.90 Å². The Balaban J connectivity index is 1.60. The second kappa shape index (κ2) is 6.44. The number of aryl methyl sites for hydroxylation is 2. The fraction of sp³-hybridized carbons (Fsp3) is 0.381. The third kappa shape index (κ3) is 2.57. The van der Waals surface area contributed by atoms with Crippen LogP contribution in [0.25, 0.3) is 16.0 Å². The molecule has 28 heavy (non-hydrogen) atoms. The predicted molar refractivity (Wildman–Crippen MR) is 114 cm³/mol. The topological polar surface area (TPSA) is 55.4 Å². The lowest BCUT2D eigenvalue weighted by Gasteiger charge is -2.31. The van der Waals surface area contributed by atoms with E-state index in [0.717, 1.165) is 35.4 Å². The van der Waals surface area contributed by atoms with Crippen molar-refractivity contribution in [3.05, 3.63) is 57.0 Å². The first-order valence-corrected chi connectivity index (χ1v) is 10.6. The first-order valence-electron chi connectivity index (χ1n) is 9.72. The number of anilines is 1. The molecule has 0 aliphatic carbocycles. The second-order valence-corrected chi connectivity index (χ2v) is 8.73. The molecular weight excluding hydrogens is 370 g/mol. The molecule has 1 aromatic carbocycles. The summed E-state index contributed by atoms with van der Waals surface area (Å²) in [5.41, 5.74) is 4.98. The zero-order valence-corrected chi connectivity index (χ0v) is 17.2. The van der Waals surface area contributed by atoms with E-state index in [-0.39, 0.29) is 5.56 Å². The van der Waals surface area contributed by atoms with Crippen LogP contribution >= 0.6 is 11.3 Å². The zero-order chi connectivity index (χ0) is 19.4. The molecule has 7 heteroatoms. The molecule has 0 fully saturated rings. The van der Waals surface area contributed by atoms with E-state index < -0.39 is 0 Å². The van der Waals surface area contributed by atoms with Gasteiger partial charge in [-0.15, -0.1) is 21.5 Å². The fourth-order valence-electron chi connectivity index (χ4n) is 4.14. The van der Waals surface area contributed by atoms with Gasteiger partial charge in [0.05, 0.1) is 12.1 Å². The van der Waals surface area contributed by atoms with Gasteiger partial charge in [0, 0.05) is 19.3 Å². The monoisotopic (exact) mass is 393 g/mol. The average molecular weight is 394 g/mol. The summed E-state index contributed by atoms with van der Waals surface area (Å²) in [6.45, 7) is 6.15. The minimum absolute atomic E-state index is 0.0130. The number of hydrogen-bond acceptors (Lipinski definition) is 5. The Hall–Kier alpha value is -2.67. The number of benzene rings is 1. The van der Waals surface area contributed by atoms with Crippen LogP contribution in [-0.4, -0.2) is 25.7 Å². The maximum Gasteiger partial charge on any atom is 0.272 e. The number of nitrogens with zero attached hydrogens (tertiary/aromatic N) is 5. The van der Waals surface area contributed by atoms with Crippen molar-refractivity contribution >= 4 is 33.0 Å². The highest BCUT2D eigenvalue weighted by Gasteiger charge is 2.22. The Morgan fingerprint density at radius 1 is 1.21 bits per heavy atom. The van der Waals surface area contributed by atoms with Gasteiger partial charge in [-0.05, 0) is 47.4 Å². The highest BCUT2D eigenvalue weighted by atomic mass is 32.1. The van der Waals surface area contributed by atoms with E-state index in [1.54, 1.807) is 11.6 Å². The van der Waals surface area contributed by atoms with Crippen LogP contribution in [0.4, 0.5) is 5.69 Å². The van der Waals surface area contributed by atoms with Crippen molar-refractivity contribution in [1.29, 1.82) is 0 Å². The van der Waals surface area contributed by atoms with Crippen molar-refractivity contribution in [2.45, 2.75) is 39.2 Å². The molecule has 5 rings (SSSR count). The number of aromatic nitrogens is 4. The normalized spacial score (nSPS) is 14.4. The standard InChI is InChI=1S/C21H23N5OS/c1-13(2)14-6-7-16-15(11-14)5-4-9-25(16)12-18-22-23-21-24(3)20(27)19-17(26(18)21)8-10-28-19/h6-8,10-11,13H,4-5,9,12H2,1-3H3. The Bertz CT molecular complexity index is 1250. The van der Waals surface area contributed by atoms with Gasteiger partial charge in [-0.3, -0.25) is 13.8 Å². The lowest BCUT2D eigenvalue weighted by Crippen LogP contribution is -2.30. The van der Waals surface area contributed by atoms with Crippen molar-refractivity contribution in [2.75, 3.05) is 11.4 Å². The Labute approximate surface area is 167 Å². The van der Waals surface area contributed by atoms with Gasteiger partial charge in [0.2, 0.25) is 5.78 Å². The lowest BCUT2D eigenvalue weighted by atomic mass is 9.95. The molecule has 0 spiro atoms. The number of thiophene rings is 1. The second-order valence-electron chi connectivity index (χ2n) is 7.82. The van der Waals surface area contributed by atoms with Crippen LogP contribution in [-0.2, 0) is 20.0 Å². The molecule has 0 amide bonds. The minimum atomic E-state index is -0.0130. The van der Waals surface area contributed by atoms with Gasteiger partial charge in [-0.2, -0.15) is 0 Å². The maximum absolute atomic E-state index is 12.5. The van der Waals surface area contributed by atoms with Gasteiger partial charge in [-0.1, -0.05) is 26.0 Å². The zero-order valence-electron chi connectivity index (χ0n) is 16.3. The third-order valence-electron chi connectivity index (χ3n) is 5.71. The molecule has 0 unspecified atom stereocenters. The van der Waals surface area contributed by atoms with Crippen molar-refractivity contribution in [3.8, 4) is 0 Å². The molecule has 0 saturated carbocycles. The summed E-state index contributed by atoms with van der Waals surface area (Å²) in [5.74, 6) is 2.00. The number of hydrogen-bond donors (Lipinski definition) is 0. The quantitative estimate of drug-likeness (QED) is 0.532. The van der Waals surface area contributed by atoms with Crippen molar-refractivity contribution < 1.29 is 0 Å². The highest BCUT2D eigenvalue weighted by Crippen LogP contribution is 2.31. The van der Waals surface area contributed by atoms with Gasteiger partial charge in [0.25, 0.3) is 5.56 Å². The van der Waals surface area contributed by atoms with Crippen LogP contribution in [0.5, 0.6) is 0 Å². The smallest absolute Gasteiger partial charge is 0.272 e. The first-order chi connectivity index (χ1) is 13.5. The van der Waals surface area contributed by atoms with Crippen LogP contribution in [0, 0.1) is 0 Å².